The van der Waals surface area contributed by atoms with Crippen molar-refractivity contribution in [2.24, 2.45) is 17.4 Å². The number of nitrogens with one attached hydrogen (secondary N) is 2. The second kappa shape index (κ2) is 7.18. The molecule has 124 valence electrons. The van der Waals surface area contributed by atoms with Crippen molar-refractivity contribution in [3.63, 3.8) is 0 Å². The van der Waals surface area contributed by atoms with Crippen LogP contribution >= 0.6 is 0 Å². The number of epoxide rings is 1. The molecule has 3 amide bonds. The Morgan fingerprint density at radius 2 is 1.77 bits per heavy atom. The Bertz CT molecular complexity index is 480. The molecule has 0 aromatic heterocycles. The van der Waals surface area contributed by atoms with Crippen LogP contribution in [0.15, 0.2) is 0 Å². The Labute approximate surface area is 126 Å². The number of rotatable bonds is 8. The summed E-state index contributed by atoms with van der Waals surface area (Å²) in [4.78, 5) is 45.6. The van der Waals surface area contributed by atoms with E-state index in [9.17, 15) is 19.2 Å². The van der Waals surface area contributed by atoms with Gasteiger partial charge in [0.15, 0.2) is 12.2 Å². The van der Waals surface area contributed by atoms with Gasteiger partial charge in [0.25, 0.3) is 5.91 Å². The summed E-state index contributed by atoms with van der Waals surface area (Å²) in [6, 6.07) is -2.24. The Balaban J connectivity index is 2.60. The Morgan fingerprint density at radius 1 is 1.18 bits per heavy atom. The summed E-state index contributed by atoms with van der Waals surface area (Å²) in [7, 11) is 0. The Kier molecular flexibility index (Phi) is 5.83. The Hall–Kier alpha value is -2.20. The van der Waals surface area contributed by atoms with E-state index in [0.29, 0.717) is 0 Å². The van der Waals surface area contributed by atoms with Crippen molar-refractivity contribution in [2.75, 3.05) is 6.54 Å². The summed E-state index contributed by atoms with van der Waals surface area (Å²) >= 11 is 0. The maximum absolute atomic E-state index is 12.0. The molecule has 1 rings (SSSR count). The van der Waals surface area contributed by atoms with Crippen molar-refractivity contribution in [3.8, 4) is 0 Å². The number of carbonyl (C=O) groups is 4. The number of aliphatic carboxylic acids is 1. The quantitative estimate of drug-likeness (QED) is 0.294. The molecule has 1 saturated heterocycles. The first-order valence-electron chi connectivity index (χ1n) is 6.67. The number of hydrogen-bond acceptors (Lipinski definition) is 6. The van der Waals surface area contributed by atoms with E-state index in [1.54, 1.807) is 13.8 Å². The van der Waals surface area contributed by atoms with Gasteiger partial charge in [-0.25, -0.2) is 4.79 Å². The van der Waals surface area contributed by atoms with Crippen LogP contribution in [0.2, 0.25) is 0 Å². The van der Waals surface area contributed by atoms with E-state index in [0.717, 1.165) is 0 Å². The lowest BCUT2D eigenvalue weighted by Crippen LogP contribution is -2.56. The number of carboxylic acid groups (broad SMARTS) is 1. The van der Waals surface area contributed by atoms with E-state index < -0.39 is 48.0 Å². The molecule has 0 saturated carbocycles. The molecule has 7 N–H and O–H groups in total. The SMILES string of the molecule is CC(C)C(NC(=O)C(CN)NC(=O)C1OC1C(N)=O)C(=O)O. The van der Waals surface area contributed by atoms with Crippen LogP contribution in [0.1, 0.15) is 13.8 Å². The lowest BCUT2D eigenvalue weighted by atomic mass is 10.0. The predicted octanol–water partition coefficient (Wildman–Crippen LogP) is -3.09. The van der Waals surface area contributed by atoms with Crippen molar-refractivity contribution in [1.82, 2.24) is 10.6 Å². The zero-order valence-electron chi connectivity index (χ0n) is 12.2. The predicted molar refractivity (Wildman–Crippen MR) is 73.2 cm³/mol. The fourth-order valence-electron chi connectivity index (χ4n) is 1.78. The average molecular weight is 316 g/mol. The lowest BCUT2D eigenvalue weighted by molar-refractivity contribution is -0.143. The van der Waals surface area contributed by atoms with E-state index in [-0.39, 0.29) is 12.5 Å². The van der Waals surface area contributed by atoms with Crippen LogP contribution in [0.3, 0.4) is 0 Å². The van der Waals surface area contributed by atoms with Crippen molar-refractivity contribution >= 4 is 23.7 Å². The highest BCUT2D eigenvalue weighted by molar-refractivity contribution is 5.97. The number of nitrogens with two attached hydrogens (primary N) is 2. The smallest absolute Gasteiger partial charge is 0.326 e. The van der Waals surface area contributed by atoms with Crippen LogP contribution in [-0.4, -0.2) is 59.6 Å². The highest BCUT2D eigenvalue weighted by atomic mass is 16.6. The molecule has 1 aliphatic rings. The fourth-order valence-corrected chi connectivity index (χ4v) is 1.78. The maximum atomic E-state index is 12.0. The molecule has 0 radical (unpaired) electrons. The van der Waals surface area contributed by atoms with Gasteiger partial charge in [-0.2, -0.15) is 0 Å². The molecule has 0 aromatic rings. The molecule has 10 nitrogen and oxygen atoms in total. The first-order chi connectivity index (χ1) is 10.2. The zero-order chi connectivity index (χ0) is 17.0. The minimum atomic E-state index is -1.19. The van der Waals surface area contributed by atoms with E-state index in [1.807, 2.05) is 0 Å². The van der Waals surface area contributed by atoms with Crippen LogP contribution in [-0.2, 0) is 23.9 Å². The minimum Gasteiger partial charge on any atom is -0.480 e. The summed E-state index contributed by atoms with van der Waals surface area (Å²) in [5.74, 6) is -3.75. The van der Waals surface area contributed by atoms with Gasteiger partial charge in [0.1, 0.15) is 12.1 Å². The molecule has 0 bridgehead atoms. The van der Waals surface area contributed by atoms with E-state index in [4.69, 9.17) is 21.3 Å². The van der Waals surface area contributed by atoms with Gasteiger partial charge in [-0.15, -0.1) is 0 Å². The van der Waals surface area contributed by atoms with Crippen LogP contribution in [0.5, 0.6) is 0 Å². The molecule has 4 atom stereocenters. The molecule has 10 heteroatoms. The number of amides is 3. The second-order valence-electron chi connectivity index (χ2n) is 5.25. The van der Waals surface area contributed by atoms with Gasteiger partial charge < -0.3 is 31.9 Å². The zero-order valence-corrected chi connectivity index (χ0v) is 12.2. The van der Waals surface area contributed by atoms with Crippen molar-refractivity contribution < 1.29 is 29.0 Å². The number of carboxylic acids is 1. The lowest BCUT2D eigenvalue weighted by Gasteiger charge is -2.22. The maximum Gasteiger partial charge on any atom is 0.326 e. The van der Waals surface area contributed by atoms with Crippen molar-refractivity contribution in [1.29, 1.82) is 0 Å². The molecule has 22 heavy (non-hydrogen) atoms. The second-order valence-corrected chi connectivity index (χ2v) is 5.25. The minimum absolute atomic E-state index is 0.240. The molecule has 1 heterocycles. The monoisotopic (exact) mass is 316 g/mol. The number of ether oxygens (including phenoxy) is 1. The molecule has 1 fully saturated rings. The molecule has 4 unspecified atom stereocenters. The van der Waals surface area contributed by atoms with Gasteiger partial charge in [0.2, 0.25) is 11.8 Å². The fraction of sp³-hybridized carbons (Fsp3) is 0.667. The summed E-state index contributed by atoms with van der Waals surface area (Å²) in [5.41, 5.74) is 10.4. The summed E-state index contributed by atoms with van der Waals surface area (Å²) in [6.45, 7) is 3.02. The standard InChI is InChI=1S/C12H20N4O6/c1-4(2)6(12(20)21)16-10(18)5(3-13)15-11(19)8-7(22-8)9(14)17/h4-8H,3,13H2,1-2H3,(H2,14,17)(H,15,19)(H,16,18)(H,20,21). The average Bonchev–Trinajstić information content (AvgIpc) is 3.21. The van der Waals surface area contributed by atoms with Gasteiger partial charge in [-0.1, -0.05) is 13.8 Å². The van der Waals surface area contributed by atoms with Gasteiger partial charge in [0.05, 0.1) is 0 Å². The van der Waals surface area contributed by atoms with Gasteiger partial charge >= 0.3 is 5.97 Å². The van der Waals surface area contributed by atoms with Crippen LogP contribution < -0.4 is 22.1 Å². The molecule has 0 spiro atoms. The number of hydrogen-bond donors (Lipinski definition) is 5. The highest BCUT2D eigenvalue weighted by Crippen LogP contribution is 2.21. The van der Waals surface area contributed by atoms with E-state index in [1.165, 1.54) is 0 Å². The molecular formula is C12H20N4O6. The van der Waals surface area contributed by atoms with Crippen LogP contribution in [0.4, 0.5) is 0 Å². The third-order valence-corrected chi connectivity index (χ3v) is 3.13. The Morgan fingerprint density at radius 3 is 2.14 bits per heavy atom. The van der Waals surface area contributed by atoms with E-state index in [2.05, 4.69) is 10.6 Å². The first kappa shape index (κ1) is 17.9. The van der Waals surface area contributed by atoms with Crippen LogP contribution in [0.25, 0.3) is 0 Å². The van der Waals surface area contributed by atoms with Crippen molar-refractivity contribution in [3.05, 3.63) is 0 Å². The first-order valence-corrected chi connectivity index (χ1v) is 6.67. The van der Waals surface area contributed by atoms with Crippen molar-refractivity contribution in [2.45, 2.75) is 38.1 Å². The van der Waals surface area contributed by atoms with Gasteiger partial charge in [-0.05, 0) is 5.92 Å². The largest absolute Gasteiger partial charge is 0.480 e. The van der Waals surface area contributed by atoms with Gasteiger partial charge in [0, 0.05) is 6.54 Å². The summed E-state index contributed by atoms with van der Waals surface area (Å²) < 4.78 is 4.77. The summed E-state index contributed by atoms with van der Waals surface area (Å²) in [5, 5.41) is 13.6. The van der Waals surface area contributed by atoms with E-state index >= 15 is 0 Å². The van der Waals surface area contributed by atoms with Crippen LogP contribution in [0, 0.1) is 5.92 Å². The normalized spacial score (nSPS) is 22.5. The molecule has 1 aliphatic heterocycles. The molecular weight excluding hydrogens is 296 g/mol. The molecule has 0 aromatic carbocycles. The van der Waals surface area contributed by atoms with Gasteiger partial charge in [-0.3, -0.25) is 14.4 Å². The number of primary amides is 1. The third-order valence-electron chi connectivity index (χ3n) is 3.13. The molecule has 0 aliphatic carbocycles. The summed E-state index contributed by atoms with van der Waals surface area (Å²) in [6.07, 6.45) is -2.05. The third kappa shape index (κ3) is 4.40. The topological polar surface area (TPSA) is 177 Å². The highest BCUT2D eigenvalue weighted by Gasteiger charge is 2.50. The number of carbonyl (C=O) groups excluding carboxylic acids is 3.